The summed E-state index contributed by atoms with van der Waals surface area (Å²) in [6, 6.07) is 9.31. The van der Waals surface area contributed by atoms with Crippen molar-refractivity contribution in [1.29, 1.82) is 0 Å². The fourth-order valence-electron chi connectivity index (χ4n) is 7.23. The van der Waals surface area contributed by atoms with Gasteiger partial charge in [0.15, 0.2) is 0 Å². The standard InChI is InChI=1S/C32H38F3N5O3S/c1-22(17-30(41)37-26-6-3-7-27(19-26)39-14-11-23-20-36-12-10-24(23)21-39)31-29-9-4-13-38(29)15-16-40(31)44(42,43)28-8-2-5-25(18-28)32(33,34)35/h2,4-5,8-10,12-13,18,20,22,26-27,31H,3,6-7,11,14-17,19,21H2,1H3,(H,37,41). The summed E-state index contributed by atoms with van der Waals surface area (Å²) in [5.74, 6) is -0.561. The van der Waals surface area contributed by atoms with Gasteiger partial charge in [0.1, 0.15) is 0 Å². The number of fused-ring (bicyclic) bond motifs is 2. The fraction of sp³-hybridized carbons (Fsp3) is 0.500. The molecular formula is C32H38F3N5O3S. The first-order valence-corrected chi connectivity index (χ1v) is 16.7. The Morgan fingerprint density at radius 3 is 2.75 bits per heavy atom. The topological polar surface area (TPSA) is 87.5 Å². The summed E-state index contributed by atoms with van der Waals surface area (Å²) in [7, 11) is -4.28. The maximum Gasteiger partial charge on any atom is 0.416 e. The van der Waals surface area contributed by atoms with Crippen molar-refractivity contribution in [2.75, 3.05) is 13.1 Å². The second-order valence-electron chi connectivity index (χ2n) is 12.3. The van der Waals surface area contributed by atoms with E-state index in [2.05, 4.69) is 21.3 Å². The van der Waals surface area contributed by atoms with Crippen LogP contribution in [-0.2, 0) is 40.5 Å². The molecule has 1 amide bonds. The molecule has 2 aliphatic heterocycles. The van der Waals surface area contributed by atoms with Gasteiger partial charge in [0.2, 0.25) is 15.9 Å². The highest BCUT2D eigenvalue weighted by Gasteiger charge is 2.41. The number of hydrogen-bond acceptors (Lipinski definition) is 5. The van der Waals surface area contributed by atoms with Crippen LogP contribution in [0.1, 0.15) is 67.5 Å². The number of pyridine rings is 1. The second-order valence-corrected chi connectivity index (χ2v) is 14.2. The van der Waals surface area contributed by atoms with Crippen LogP contribution in [0.25, 0.3) is 0 Å². The van der Waals surface area contributed by atoms with Crippen LogP contribution >= 0.6 is 0 Å². The zero-order chi connectivity index (χ0) is 31.1. The lowest BCUT2D eigenvalue weighted by atomic mass is 9.87. The van der Waals surface area contributed by atoms with Gasteiger partial charge in [-0.05, 0) is 85.5 Å². The number of nitrogens with one attached hydrogen (secondary N) is 1. The van der Waals surface area contributed by atoms with E-state index in [-0.39, 0.29) is 24.9 Å². The SMILES string of the molecule is CC(CC(=O)NC1CCCC(N2CCc3cnccc3C2)C1)C1c2cccn2CCN1S(=O)(=O)c1cccc(C(F)(F)F)c1. The van der Waals surface area contributed by atoms with E-state index in [1.54, 1.807) is 0 Å². The zero-order valence-electron chi connectivity index (χ0n) is 24.7. The third-order valence-electron chi connectivity index (χ3n) is 9.43. The van der Waals surface area contributed by atoms with Gasteiger partial charge in [-0.2, -0.15) is 17.5 Å². The van der Waals surface area contributed by atoms with Gasteiger partial charge in [-0.3, -0.25) is 14.7 Å². The predicted octanol–water partition coefficient (Wildman–Crippen LogP) is 5.16. The number of rotatable bonds is 7. The third kappa shape index (κ3) is 6.29. The summed E-state index contributed by atoms with van der Waals surface area (Å²) < 4.78 is 71.1. The molecule has 236 valence electrons. The Balaban J connectivity index is 1.15. The van der Waals surface area contributed by atoms with Gasteiger partial charge in [0.25, 0.3) is 0 Å². The monoisotopic (exact) mass is 629 g/mol. The first-order chi connectivity index (χ1) is 21.0. The van der Waals surface area contributed by atoms with E-state index in [1.165, 1.54) is 21.5 Å². The van der Waals surface area contributed by atoms with E-state index >= 15 is 0 Å². The number of carbonyl (C=O) groups excluding carboxylic acids is 1. The van der Waals surface area contributed by atoms with Crippen molar-refractivity contribution in [2.45, 2.75) is 87.7 Å². The van der Waals surface area contributed by atoms with Gasteiger partial charge in [0, 0.05) is 69.0 Å². The van der Waals surface area contributed by atoms with Crippen molar-refractivity contribution in [2.24, 2.45) is 5.92 Å². The van der Waals surface area contributed by atoms with Crippen molar-refractivity contribution in [3.8, 4) is 0 Å². The summed E-state index contributed by atoms with van der Waals surface area (Å²) in [5, 5.41) is 3.23. The van der Waals surface area contributed by atoms with Gasteiger partial charge < -0.3 is 9.88 Å². The number of alkyl halides is 3. The number of halogens is 3. The molecule has 1 aromatic carbocycles. The first-order valence-electron chi connectivity index (χ1n) is 15.3. The summed E-state index contributed by atoms with van der Waals surface area (Å²) >= 11 is 0. The number of amides is 1. The number of carbonyl (C=O) groups is 1. The molecule has 0 radical (unpaired) electrons. The summed E-state index contributed by atoms with van der Waals surface area (Å²) in [6.45, 7) is 4.16. The molecule has 12 heteroatoms. The lowest BCUT2D eigenvalue weighted by Gasteiger charge is -2.40. The highest BCUT2D eigenvalue weighted by molar-refractivity contribution is 7.89. The average molecular weight is 630 g/mol. The maximum absolute atomic E-state index is 13.8. The molecule has 1 aliphatic carbocycles. The van der Waals surface area contributed by atoms with Crippen LogP contribution in [-0.4, -0.2) is 58.3 Å². The number of aromatic nitrogens is 2. The van der Waals surface area contributed by atoms with E-state index in [1.807, 2.05) is 42.2 Å². The first kappa shape index (κ1) is 30.8. The van der Waals surface area contributed by atoms with Gasteiger partial charge in [-0.1, -0.05) is 13.0 Å². The molecule has 4 heterocycles. The van der Waals surface area contributed by atoms with Gasteiger partial charge in [-0.15, -0.1) is 0 Å². The Hall–Kier alpha value is -3.22. The van der Waals surface area contributed by atoms with Crippen LogP contribution in [0.15, 0.2) is 66.0 Å². The third-order valence-corrected chi connectivity index (χ3v) is 11.3. The zero-order valence-corrected chi connectivity index (χ0v) is 25.5. The fourth-order valence-corrected chi connectivity index (χ4v) is 8.97. The molecule has 4 atom stereocenters. The molecule has 1 saturated carbocycles. The van der Waals surface area contributed by atoms with Crippen LogP contribution in [0.2, 0.25) is 0 Å². The summed E-state index contributed by atoms with van der Waals surface area (Å²) in [4.78, 5) is 19.8. The van der Waals surface area contributed by atoms with E-state index in [4.69, 9.17) is 0 Å². The Kier molecular flexibility index (Phi) is 8.60. The molecule has 6 rings (SSSR count). The molecule has 3 aliphatic rings. The van der Waals surface area contributed by atoms with Crippen molar-refractivity contribution in [3.63, 3.8) is 0 Å². The quantitative estimate of drug-likeness (QED) is 0.390. The van der Waals surface area contributed by atoms with Crippen molar-refractivity contribution in [1.82, 2.24) is 24.1 Å². The Morgan fingerprint density at radius 1 is 1.09 bits per heavy atom. The van der Waals surface area contributed by atoms with Crippen LogP contribution in [0.3, 0.4) is 0 Å². The number of hydrogen-bond donors (Lipinski definition) is 1. The molecule has 0 bridgehead atoms. The Morgan fingerprint density at radius 2 is 1.93 bits per heavy atom. The molecule has 2 aromatic heterocycles. The Bertz CT molecular complexity index is 1610. The van der Waals surface area contributed by atoms with Crippen LogP contribution in [0.4, 0.5) is 13.2 Å². The molecule has 44 heavy (non-hydrogen) atoms. The molecule has 1 N–H and O–H groups in total. The van der Waals surface area contributed by atoms with E-state index in [0.717, 1.165) is 63.0 Å². The van der Waals surface area contributed by atoms with Crippen molar-refractivity contribution >= 4 is 15.9 Å². The molecule has 1 fully saturated rings. The molecule has 3 aromatic rings. The molecule has 0 spiro atoms. The smallest absolute Gasteiger partial charge is 0.353 e. The number of sulfonamides is 1. The van der Waals surface area contributed by atoms with E-state index in [9.17, 15) is 26.4 Å². The predicted molar refractivity (Wildman–Crippen MR) is 159 cm³/mol. The Labute approximate surface area is 256 Å². The summed E-state index contributed by atoms with van der Waals surface area (Å²) in [6.07, 6.45) is 5.91. The molecular weight excluding hydrogens is 591 g/mol. The normalized spacial score (nSPS) is 23.9. The molecule has 8 nitrogen and oxygen atoms in total. The van der Waals surface area contributed by atoms with Gasteiger partial charge in [-0.25, -0.2) is 8.42 Å². The van der Waals surface area contributed by atoms with Crippen LogP contribution < -0.4 is 5.32 Å². The average Bonchev–Trinajstić information content (AvgIpc) is 3.49. The summed E-state index contributed by atoms with van der Waals surface area (Å²) in [5.41, 5.74) is 2.33. The minimum absolute atomic E-state index is 0.0347. The lowest BCUT2D eigenvalue weighted by molar-refractivity contribution is -0.137. The van der Waals surface area contributed by atoms with Gasteiger partial charge >= 0.3 is 6.18 Å². The van der Waals surface area contributed by atoms with E-state index < -0.39 is 38.6 Å². The van der Waals surface area contributed by atoms with Crippen LogP contribution in [0.5, 0.6) is 0 Å². The van der Waals surface area contributed by atoms with Crippen molar-refractivity contribution < 1.29 is 26.4 Å². The highest BCUT2D eigenvalue weighted by Crippen LogP contribution is 2.39. The highest BCUT2D eigenvalue weighted by atomic mass is 32.2. The number of benzene rings is 1. The van der Waals surface area contributed by atoms with E-state index in [0.29, 0.717) is 18.7 Å². The molecule has 0 saturated heterocycles. The molecule has 4 unspecified atom stereocenters. The van der Waals surface area contributed by atoms with Gasteiger partial charge in [0.05, 0.1) is 16.5 Å². The second kappa shape index (κ2) is 12.3. The minimum Gasteiger partial charge on any atom is -0.353 e. The maximum atomic E-state index is 13.8. The number of nitrogens with zero attached hydrogens (tertiary/aromatic N) is 4. The lowest BCUT2D eigenvalue weighted by Crippen LogP contribution is -2.48. The largest absolute Gasteiger partial charge is 0.416 e. The van der Waals surface area contributed by atoms with Crippen molar-refractivity contribution in [3.05, 3.63) is 83.4 Å². The minimum atomic E-state index is -4.67. The van der Waals surface area contributed by atoms with Crippen LogP contribution in [0, 0.1) is 5.92 Å².